The van der Waals surface area contributed by atoms with E-state index in [0.29, 0.717) is 11.4 Å². The van der Waals surface area contributed by atoms with Crippen LogP contribution < -0.4 is 10.5 Å². The summed E-state index contributed by atoms with van der Waals surface area (Å²) < 4.78 is 4.93. The molecule has 0 aliphatic heterocycles. The van der Waals surface area contributed by atoms with E-state index in [1.165, 1.54) is 7.11 Å². The summed E-state index contributed by atoms with van der Waals surface area (Å²) >= 11 is 0. The summed E-state index contributed by atoms with van der Waals surface area (Å²) in [5.74, 6) is 0.478. The van der Waals surface area contributed by atoms with Crippen LogP contribution in [-0.2, 0) is 5.60 Å². The summed E-state index contributed by atoms with van der Waals surface area (Å²) in [6.07, 6.45) is 1.58. The van der Waals surface area contributed by atoms with E-state index in [9.17, 15) is 5.11 Å². The molecule has 0 aliphatic rings. The summed E-state index contributed by atoms with van der Waals surface area (Å²) in [6, 6.07) is 3.39. The Balaban J connectivity index is 3.01. The molecule has 0 bridgehead atoms. The first-order chi connectivity index (χ1) is 6.10. The maximum Gasteiger partial charge on any atom is 0.213 e. The van der Waals surface area contributed by atoms with E-state index in [1.54, 1.807) is 25.3 Å². The van der Waals surface area contributed by atoms with Gasteiger partial charge in [-0.3, -0.25) is 0 Å². The van der Waals surface area contributed by atoms with Crippen molar-refractivity contribution in [2.45, 2.75) is 12.5 Å². The Bertz CT molecular complexity index is 287. The standard InChI is InChI=1S/C9H14N2O2/c1-9(12,6-10)7-3-4-11-8(5-7)13-2/h3-5,12H,6,10H2,1-2H3. The first kappa shape index (κ1) is 9.95. The molecule has 4 nitrogen and oxygen atoms in total. The third-order valence-electron chi connectivity index (χ3n) is 1.96. The number of nitrogens with two attached hydrogens (primary N) is 1. The van der Waals surface area contributed by atoms with Gasteiger partial charge in [0.1, 0.15) is 0 Å². The van der Waals surface area contributed by atoms with Crippen LogP contribution in [0.1, 0.15) is 12.5 Å². The molecule has 0 radical (unpaired) electrons. The monoisotopic (exact) mass is 182 g/mol. The van der Waals surface area contributed by atoms with Crippen LogP contribution in [0.25, 0.3) is 0 Å². The number of aromatic nitrogens is 1. The summed E-state index contributed by atoms with van der Waals surface area (Å²) in [6.45, 7) is 1.82. The highest BCUT2D eigenvalue weighted by molar-refractivity contribution is 5.25. The van der Waals surface area contributed by atoms with Crippen LogP contribution in [0, 0.1) is 0 Å². The fraction of sp³-hybridized carbons (Fsp3) is 0.444. The first-order valence-corrected chi connectivity index (χ1v) is 4.03. The van der Waals surface area contributed by atoms with E-state index in [0.717, 1.165) is 0 Å². The van der Waals surface area contributed by atoms with Crippen molar-refractivity contribution in [3.8, 4) is 5.88 Å². The van der Waals surface area contributed by atoms with Crippen LogP contribution in [0.15, 0.2) is 18.3 Å². The van der Waals surface area contributed by atoms with Gasteiger partial charge in [0.2, 0.25) is 5.88 Å². The number of aliphatic hydroxyl groups is 1. The van der Waals surface area contributed by atoms with E-state index in [4.69, 9.17) is 10.5 Å². The van der Waals surface area contributed by atoms with Gasteiger partial charge in [-0.05, 0) is 18.6 Å². The van der Waals surface area contributed by atoms with Crippen molar-refractivity contribution in [3.05, 3.63) is 23.9 Å². The number of hydrogen-bond donors (Lipinski definition) is 2. The lowest BCUT2D eigenvalue weighted by molar-refractivity contribution is 0.0664. The first-order valence-electron chi connectivity index (χ1n) is 4.03. The molecule has 4 heteroatoms. The van der Waals surface area contributed by atoms with Crippen LogP contribution in [0.5, 0.6) is 5.88 Å². The predicted molar refractivity (Wildman–Crippen MR) is 49.4 cm³/mol. The Morgan fingerprint density at radius 3 is 2.92 bits per heavy atom. The SMILES string of the molecule is COc1cc(C(C)(O)CN)ccn1. The molecule has 1 unspecified atom stereocenters. The molecule has 0 aliphatic carbocycles. The van der Waals surface area contributed by atoms with Gasteiger partial charge in [0.15, 0.2) is 0 Å². The van der Waals surface area contributed by atoms with E-state index in [2.05, 4.69) is 4.98 Å². The van der Waals surface area contributed by atoms with E-state index >= 15 is 0 Å². The van der Waals surface area contributed by atoms with Crippen molar-refractivity contribution >= 4 is 0 Å². The normalized spacial score (nSPS) is 15.1. The van der Waals surface area contributed by atoms with Crippen molar-refractivity contribution in [2.24, 2.45) is 5.73 Å². The number of pyridine rings is 1. The van der Waals surface area contributed by atoms with Crippen molar-refractivity contribution in [1.82, 2.24) is 4.98 Å². The van der Waals surface area contributed by atoms with Gasteiger partial charge in [-0.25, -0.2) is 4.98 Å². The smallest absolute Gasteiger partial charge is 0.213 e. The summed E-state index contributed by atoms with van der Waals surface area (Å²) in [5, 5.41) is 9.81. The fourth-order valence-corrected chi connectivity index (χ4v) is 0.974. The molecular formula is C9H14N2O2. The van der Waals surface area contributed by atoms with E-state index in [1.807, 2.05) is 0 Å². The second kappa shape index (κ2) is 3.72. The maximum atomic E-state index is 9.81. The number of ether oxygens (including phenoxy) is 1. The Labute approximate surface area is 77.4 Å². The number of hydrogen-bond acceptors (Lipinski definition) is 4. The van der Waals surface area contributed by atoms with Crippen LogP contribution in [0.4, 0.5) is 0 Å². The Kier molecular flexibility index (Phi) is 2.85. The van der Waals surface area contributed by atoms with Gasteiger partial charge in [-0.2, -0.15) is 0 Å². The Morgan fingerprint density at radius 1 is 1.69 bits per heavy atom. The molecular weight excluding hydrogens is 168 g/mol. The van der Waals surface area contributed by atoms with E-state index < -0.39 is 5.60 Å². The molecule has 1 aromatic heterocycles. The Hall–Kier alpha value is -1.13. The lowest BCUT2D eigenvalue weighted by Crippen LogP contribution is -2.31. The molecule has 13 heavy (non-hydrogen) atoms. The largest absolute Gasteiger partial charge is 0.481 e. The molecule has 0 aromatic carbocycles. The van der Waals surface area contributed by atoms with Crippen molar-refractivity contribution < 1.29 is 9.84 Å². The average molecular weight is 182 g/mol. The highest BCUT2D eigenvalue weighted by atomic mass is 16.5. The molecule has 1 aromatic rings. The molecule has 1 atom stereocenters. The summed E-state index contributed by atoms with van der Waals surface area (Å²) in [4.78, 5) is 3.93. The second-order valence-electron chi connectivity index (χ2n) is 3.06. The number of methoxy groups -OCH3 is 1. The minimum absolute atomic E-state index is 0.167. The Morgan fingerprint density at radius 2 is 2.38 bits per heavy atom. The van der Waals surface area contributed by atoms with Gasteiger partial charge in [-0.15, -0.1) is 0 Å². The van der Waals surface area contributed by atoms with Gasteiger partial charge in [0.25, 0.3) is 0 Å². The zero-order valence-corrected chi connectivity index (χ0v) is 7.82. The molecule has 3 N–H and O–H groups in total. The van der Waals surface area contributed by atoms with Crippen LogP contribution in [0.3, 0.4) is 0 Å². The fourth-order valence-electron chi connectivity index (χ4n) is 0.974. The van der Waals surface area contributed by atoms with Gasteiger partial charge >= 0.3 is 0 Å². The third kappa shape index (κ3) is 2.17. The van der Waals surface area contributed by atoms with Crippen LogP contribution in [-0.4, -0.2) is 23.7 Å². The molecule has 1 rings (SSSR count). The lowest BCUT2D eigenvalue weighted by atomic mass is 9.97. The molecule has 0 amide bonds. The van der Waals surface area contributed by atoms with Crippen molar-refractivity contribution in [2.75, 3.05) is 13.7 Å². The van der Waals surface area contributed by atoms with Gasteiger partial charge in [-0.1, -0.05) is 0 Å². The zero-order valence-electron chi connectivity index (χ0n) is 7.82. The maximum absolute atomic E-state index is 9.81. The lowest BCUT2D eigenvalue weighted by Gasteiger charge is -2.21. The topological polar surface area (TPSA) is 68.4 Å². The number of rotatable bonds is 3. The summed E-state index contributed by atoms with van der Waals surface area (Å²) in [5.41, 5.74) is 5.11. The molecule has 72 valence electrons. The van der Waals surface area contributed by atoms with Gasteiger partial charge in [0, 0.05) is 18.8 Å². The van der Waals surface area contributed by atoms with Gasteiger partial charge in [0.05, 0.1) is 12.7 Å². The van der Waals surface area contributed by atoms with Gasteiger partial charge < -0.3 is 15.6 Å². The van der Waals surface area contributed by atoms with Crippen molar-refractivity contribution in [1.29, 1.82) is 0 Å². The van der Waals surface area contributed by atoms with Crippen molar-refractivity contribution in [3.63, 3.8) is 0 Å². The number of nitrogens with zero attached hydrogens (tertiary/aromatic N) is 1. The third-order valence-corrected chi connectivity index (χ3v) is 1.96. The minimum Gasteiger partial charge on any atom is -0.481 e. The molecule has 0 saturated heterocycles. The molecule has 0 spiro atoms. The molecule has 0 fully saturated rings. The molecule has 1 heterocycles. The predicted octanol–water partition coefficient (Wildman–Crippen LogP) is 0.256. The summed E-state index contributed by atoms with van der Waals surface area (Å²) in [7, 11) is 1.53. The quantitative estimate of drug-likeness (QED) is 0.703. The zero-order chi connectivity index (χ0) is 9.90. The van der Waals surface area contributed by atoms with Crippen LogP contribution in [0.2, 0.25) is 0 Å². The average Bonchev–Trinajstić information content (AvgIpc) is 2.18. The van der Waals surface area contributed by atoms with Crippen LogP contribution >= 0.6 is 0 Å². The minimum atomic E-state index is -1.02. The molecule has 0 saturated carbocycles. The second-order valence-corrected chi connectivity index (χ2v) is 3.06. The highest BCUT2D eigenvalue weighted by Crippen LogP contribution is 2.21. The van der Waals surface area contributed by atoms with E-state index in [-0.39, 0.29) is 6.54 Å². The highest BCUT2D eigenvalue weighted by Gasteiger charge is 2.21.